The molecule has 0 amide bonds. The molecule has 0 unspecified atom stereocenters. The zero-order valence-electron chi connectivity index (χ0n) is 10.9. The summed E-state index contributed by atoms with van der Waals surface area (Å²) in [7, 11) is 0. The van der Waals surface area contributed by atoms with Crippen LogP contribution in [0.3, 0.4) is 0 Å². The van der Waals surface area contributed by atoms with Crippen molar-refractivity contribution in [1.82, 2.24) is 0 Å². The van der Waals surface area contributed by atoms with Crippen molar-refractivity contribution in [3.05, 3.63) is 81.7 Å². The fourth-order valence-electron chi connectivity index (χ4n) is 2.21. The van der Waals surface area contributed by atoms with Crippen LogP contribution in [0.2, 0.25) is 0 Å². The Bertz CT molecular complexity index is 859. The Labute approximate surface area is 115 Å². The van der Waals surface area contributed by atoms with Gasteiger partial charge in [-0.05, 0) is 24.6 Å². The van der Waals surface area contributed by atoms with Crippen molar-refractivity contribution < 1.29 is 9.21 Å². The molecule has 20 heavy (non-hydrogen) atoms. The van der Waals surface area contributed by atoms with Gasteiger partial charge >= 0.3 is 0 Å². The van der Waals surface area contributed by atoms with E-state index in [1.807, 2.05) is 19.1 Å². The van der Waals surface area contributed by atoms with E-state index < -0.39 is 0 Å². The average Bonchev–Trinajstić information content (AvgIpc) is 2.48. The molecule has 3 aromatic rings. The fraction of sp³-hybridized carbons (Fsp3) is 0.0588. The molecule has 0 fully saturated rings. The molecule has 0 bridgehead atoms. The Morgan fingerprint density at radius 3 is 2.45 bits per heavy atom. The largest absolute Gasteiger partial charge is 0.463 e. The van der Waals surface area contributed by atoms with Crippen LogP contribution in [0.1, 0.15) is 21.5 Å². The Morgan fingerprint density at radius 2 is 1.65 bits per heavy atom. The van der Waals surface area contributed by atoms with Gasteiger partial charge in [0.15, 0.2) is 5.78 Å². The van der Waals surface area contributed by atoms with Crippen molar-refractivity contribution in [2.24, 2.45) is 0 Å². The summed E-state index contributed by atoms with van der Waals surface area (Å²) in [5.74, 6) is -0.303. The molecule has 3 nitrogen and oxygen atoms in total. The first-order chi connectivity index (χ1) is 9.68. The molecule has 0 N–H and O–H groups in total. The van der Waals surface area contributed by atoms with E-state index in [-0.39, 0.29) is 16.8 Å². The van der Waals surface area contributed by atoms with Crippen molar-refractivity contribution in [1.29, 1.82) is 0 Å². The number of carbonyl (C=O) groups is 1. The molecule has 0 aliphatic rings. The highest BCUT2D eigenvalue weighted by Crippen LogP contribution is 2.15. The van der Waals surface area contributed by atoms with E-state index >= 15 is 0 Å². The lowest BCUT2D eigenvalue weighted by Crippen LogP contribution is -2.16. The Morgan fingerprint density at radius 1 is 0.950 bits per heavy atom. The molecule has 0 aliphatic heterocycles. The molecule has 0 radical (unpaired) electrons. The Balaban J connectivity index is 2.21. The molecular formula is C17H12O3. The predicted octanol–water partition coefficient (Wildman–Crippen LogP) is 3.33. The minimum atomic E-state index is -0.303. The fourth-order valence-corrected chi connectivity index (χ4v) is 2.21. The van der Waals surface area contributed by atoms with Gasteiger partial charge in [-0.1, -0.05) is 36.4 Å². The molecule has 1 heterocycles. The predicted molar refractivity (Wildman–Crippen MR) is 77.1 cm³/mol. The highest BCUT2D eigenvalue weighted by Gasteiger charge is 2.17. The minimum absolute atomic E-state index is 0.0676. The van der Waals surface area contributed by atoms with Gasteiger partial charge in [0, 0.05) is 5.56 Å². The lowest BCUT2D eigenvalue weighted by molar-refractivity contribution is 0.103. The molecule has 0 saturated heterocycles. The third kappa shape index (κ3) is 1.93. The molecule has 0 spiro atoms. The Kier molecular flexibility index (Phi) is 2.95. The summed E-state index contributed by atoms with van der Waals surface area (Å²) in [5.41, 5.74) is 1.62. The third-order valence-corrected chi connectivity index (χ3v) is 3.31. The van der Waals surface area contributed by atoms with Crippen LogP contribution in [-0.2, 0) is 0 Å². The van der Waals surface area contributed by atoms with Crippen LogP contribution in [0.5, 0.6) is 0 Å². The number of fused-ring (bicyclic) bond motifs is 1. The second-order valence-corrected chi connectivity index (χ2v) is 4.62. The molecule has 1 aromatic heterocycles. The molecule has 0 aliphatic carbocycles. The summed E-state index contributed by atoms with van der Waals surface area (Å²) in [6.45, 7) is 1.84. The summed E-state index contributed by atoms with van der Waals surface area (Å²) in [5, 5.41) is 0.423. The monoisotopic (exact) mass is 264 g/mol. The second-order valence-electron chi connectivity index (χ2n) is 4.62. The van der Waals surface area contributed by atoms with Gasteiger partial charge in [-0.15, -0.1) is 0 Å². The summed E-state index contributed by atoms with van der Waals surface area (Å²) in [6, 6.07) is 14.1. The van der Waals surface area contributed by atoms with E-state index in [9.17, 15) is 9.59 Å². The van der Waals surface area contributed by atoms with E-state index in [0.717, 1.165) is 5.56 Å². The first-order valence-corrected chi connectivity index (χ1v) is 6.29. The van der Waals surface area contributed by atoms with Crippen LogP contribution < -0.4 is 5.43 Å². The quantitative estimate of drug-likeness (QED) is 0.667. The number of rotatable bonds is 2. The first-order valence-electron chi connectivity index (χ1n) is 6.29. The van der Waals surface area contributed by atoms with E-state index in [2.05, 4.69) is 0 Å². The van der Waals surface area contributed by atoms with Crippen molar-refractivity contribution in [3.8, 4) is 0 Å². The van der Waals surface area contributed by atoms with Crippen LogP contribution in [0, 0.1) is 6.92 Å². The molecular weight excluding hydrogens is 252 g/mol. The van der Waals surface area contributed by atoms with Crippen molar-refractivity contribution in [2.45, 2.75) is 6.92 Å². The van der Waals surface area contributed by atoms with Gasteiger partial charge in [-0.3, -0.25) is 9.59 Å². The third-order valence-electron chi connectivity index (χ3n) is 3.31. The van der Waals surface area contributed by atoms with Gasteiger partial charge < -0.3 is 4.42 Å². The molecule has 98 valence electrons. The van der Waals surface area contributed by atoms with Gasteiger partial charge in [-0.25, -0.2) is 0 Å². The molecule has 0 saturated carbocycles. The highest BCUT2D eigenvalue weighted by molar-refractivity contribution is 6.10. The lowest BCUT2D eigenvalue weighted by atomic mass is 9.99. The topological polar surface area (TPSA) is 47.3 Å². The van der Waals surface area contributed by atoms with Gasteiger partial charge in [0.2, 0.25) is 5.43 Å². The molecule has 0 atom stereocenters. The van der Waals surface area contributed by atoms with Gasteiger partial charge in [-0.2, -0.15) is 0 Å². The summed E-state index contributed by atoms with van der Waals surface area (Å²) in [6.07, 6.45) is 1.25. The summed E-state index contributed by atoms with van der Waals surface area (Å²) < 4.78 is 5.39. The molecule has 2 aromatic carbocycles. The number of ketones is 1. The average molecular weight is 264 g/mol. The maximum Gasteiger partial charge on any atom is 0.203 e. The zero-order chi connectivity index (χ0) is 14.1. The second kappa shape index (κ2) is 4.78. The van der Waals surface area contributed by atoms with Crippen LogP contribution in [-0.4, -0.2) is 5.78 Å². The zero-order valence-corrected chi connectivity index (χ0v) is 10.9. The SMILES string of the molecule is Cc1ccccc1C(=O)c1coc2ccccc2c1=O. The maximum absolute atomic E-state index is 12.5. The number of para-hydroxylation sites is 1. The van der Waals surface area contributed by atoms with E-state index in [0.29, 0.717) is 16.5 Å². The van der Waals surface area contributed by atoms with Crippen molar-refractivity contribution in [2.75, 3.05) is 0 Å². The van der Waals surface area contributed by atoms with Gasteiger partial charge in [0.1, 0.15) is 17.4 Å². The number of hydrogen-bond acceptors (Lipinski definition) is 3. The Hall–Kier alpha value is -2.68. The normalized spacial score (nSPS) is 10.7. The number of carbonyl (C=O) groups excluding carboxylic acids is 1. The van der Waals surface area contributed by atoms with Crippen molar-refractivity contribution in [3.63, 3.8) is 0 Å². The van der Waals surface area contributed by atoms with Crippen LogP contribution in [0.15, 0.2) is 64.0 Å². The number of hydrogen-bond donors (Lipinski definition) is 0. The van der Waals surface area contributed by atoms with Crippen LogP contribution in [0.4, 0.5) is 0 Å². The highest BCUT2D eigenvalue weighted by atomic mass is 16.3. The van der Waals surface area contributed by atoms with E-state index in [1.165, 1.54) is 6.26 Å². The summed E-state index contributed by atoms with van der Waals surface area (Å²) >= 11 is 0. The smallest absolute Gasteiger partial charge is 0.203 e. The van der Waals surface area contributed by atoms with Crippen LogP contribution in [0.25, 0.3) is 11.0 Å². The van der Waals surface area contributed by atoms with E-state index in [4.69, 9.17) is 4.42 Å². The number of benzene rings is 2. The lowest BCUT2D eigenvalue weighted by Gasteiger charge is -2.04. The van der Waals surface area contributed by atoms with Crippen molar-refractivity contribution >= 4 is 16.8 Å². The van der Waals surface area contributed by atoms with E-state index in [1.54, 1.807) is 36.4 Å². The van der Waals surface area contributed by atoms with Crippen LogP contribution >= 0.6 is 0 Å². The standard InChI is InChI=1S/C17H12O3/c1-11-6-2-3-7-12(11)16(18)14-10-20-15-9-5-4-8-13(15)17(14)19/h2-10H,1H3. The maximum atomic E-state index is 12.5. The molecule has 3 rings (SSSR count). The first kappa shape index (κ1) is 12.4. The number of aryl methyl sites for hydroxylation is 1. The summed E-state index contributed by atoms with van der Waals surface area (Å²) in [4.78, 5) is 24.8. The van der Waals surface area contributed by atoms with Gasteiger partial charge in [0.25, 0.3) is 0 Å². The van der Waals surface area contributed by atoms with Gasteiger partial charge in [0.05, 0.1) is 5.39 Å². The minimum Gasteiger partial charge on any atom is -0.463 e. The molecule has 3 heteroatoms.